The third-order valence-electron chi connectivity index (χ3n) is 2.92. The molecule has 0 saturated carbocycles. The number of aryl methyl sites for hydroxylation is 1. The third kappa shape index (κ3) is 3.85. The highest BCUT2D eigenvalue weighted by molar-refractivity contribution is 7.11. The number of ether oxygens (including phenoxy) is 1. The molecule has 0 aliphatic heterocycles. The second-order valence-corrected chi connectivity index (χ2v) is 5.89. The van der Waals surface area contributed by atoms with Gasteiger partial charge in [0, 0.05) is 24.2 Å². The van der Waals surface area contributed by atoms with Gasteiger partial charge in [0.05, 0.1) is 10.6 Å². The number of nitrogens with one attached hydrogen (secondary N) is 1. The van der Waals surface area contributed by atoms with E-state index in [2.05, 4.69) is 24.1 Å². The summed E-state index contributed by atoms with van der Waals surface area (Å²) in [6.45, 7) is 6.29. The monoisotopic (exact) mass is 242 g/mol. The molecular weight excluding hydrogens is 220 g/mol. The molecule has 0 saturated heterocycles. The lowest BCUT2D eigenvalue weighted by Crippen LogP contribution is -2.25. The summed E-state index contributed by atoms with van der Waals surface area (Å²) < 4.78 is 5.43. The zero-order valence-electron chi connectivity index (χ0n) is 10.8. The second kappa shape index (κ2) is 5.75. The summed E-state index contributed by atoms with van der Waals surface area (Å²) in [7, 11) is 3.77. The molecule has 0 fully saturated rings. The van der Waals surface area contributed by atoms with E-state index in [-0.39, 0.29) is 5.60 Å². The van der Waals surface area contributed by atoms with Gasteiger partial charge in [-0.05, 0) is 40.7 Å². The van der Waals surface area contributed by atoms with Crippen LogP contribution < -0.4 is 5.32 Å². The molecule has 1 rings (SSSR count). The summed E-state index contributed by atoms with van der Waals surface area (Å²) in [6, 6.07) is 0.389. The fraction of sp³-hybridized carbons (Fsp3) is 0.750. The van der Waals surface area contributed by atoms with E-state index in [0.29, 0.717) is 6.04 Å². The third-order valence-corrected chi connectivity index (χ3v) is 3.95. The highest BCUT2D eigenvalue weighted by Crippen LogP contribution is 2.27. The molecule has 0 amide bonds. The molecule has 1 N–H and O–H groups in total. The van der Waals surface area contributed by atoms with Crippen molar-refractivity contribution in [2.24, 2.45) is 0 Å². The smallest absolute Gasteiger partial charge is 0.0897 e. The minimum atomic E-state index is -0.0468. The average molecular weight is 242 g/mol. The van der Waals surface area contributed by atoms with Gasteiger partial charge in [-0.25, -0.2) is 4.98 Å². The van der Waals surface area contributed by atoms with Crippen LogP contribution in [0.3, 0.4) is 0 Å². The number of nitrogens with zero attached hydrogens (tertiary/aromatic N) is 1. The van der Waals surface area contributed by atoms with E-state index in [1.165, 1.54) is 4.88 Å². The van der Waals surface area contributed by atoms with Crippen LogP contribution in [0.15, 0.2) is 6.20 Å². The predicted molar refractivity (Wildman–Crippen MR) is 69.0 cm³/mol. The van der Waals surface area contributed by atoms with Crippen LogP contribution in [-0.4, -0.2) is 24.7 Å². The van der Waals surface area contributed by atoms with Crippen molar-refractivity contribution in [2.45, 2.75) is 45.3 Å². The first-order valence-corrected chi connectivity index (χ1v) is 6.45. The molecule has 1 aromatic rings. The average Bonchev–Trinajstić information content (AvgIpc) is 2.66. The van der Waals surface area contributed by atoms with Gasteiger partial charge < -0.3 is 10.1 Å². The van der Waals surface area contributed by atoms with Gasteiger partial charge in [0.1, 0.15) is 0 Å². The largest absolute Gasteiger partial charge is 0.379 e. The quantitative estimate of drug-likeness (QED) is 0.833. The van der Waals surface area contributed by atoms with Crippen LogP contribution in [-0.2, 0) is 4.74 Å². The lowest BCUT2D eigenvalue weighted by molar-refractivity contribution is 0.0119. The standard InChI is InChI=1S/C12H22N2OS/c1-9-14-8-11(16-9)10(13-4)6-7-12(2,3)15-5/h8,10,13H,6-7H2,1-5H3. The number of methoxy groups -OCH3 is 1. The predicted octanol–water partition coefficient (Wildman–Crippen LogP) is 2.92. The Kier molecular flexibility index (Phi) is 4.89. The van der Waals surface area contributed by atoms with Crippen LogP contribution in [0.4, 0.5) is 0 Å². The molecule has 1 heterocycles. The molecule has 4 heteroatoms. The first kappa shape index (κ1) is 13.6. The van der Waals surface area contributed by atoms with Gasteiger partial charge in [-0.3, -0.25) is 0 Å². The zero-order valence-corrected chi connectivity index (χ0v) is 11.6. The van der Waals surface area contributed by atoms with Gasteiger partial charge in [0.2, 0.25) is 0 Å². The molecule has 92 valence electrons. The van der Waals surface area contributed by atoms with Gasteiger partial charge in [-0.2, -0.15) is 0 Å². The van der Waals surface area contributed by atoms with Crippen LogP contribution in [0, 0.1) is 6.92 Å². The molecule has 0 radical (unpaired) electrons. The van der Waals surface area contributed by atoms with Crippen molar-refractivity contribution in [1.82, 2.24) is 10.3 Å². The Hall–Kier alpha value is -0.450. The SMILES string of the molecule is CNC(CCC(C)(C)OC)c1cnc(C)s1. The van der Waals surface area contributed by atoms with E-state index < -0.39 is 0 Å². The zero-order chi connectivity index (χ0) is 12.2. The van der Waals surface area contributed by atoms with Crippen LogP contribution in [0.1, 0.15) is 42.6 Å². The minimum absolute atomic E-state index is 0.0468. The van der Waals surface area contributed by atoms with Gasteiger partial charge in [0.15, 0.2) is 0 Å². The van der Waals surface area contributed by atoms with E-state index in [9.17, 15) is 0 Å². The number of hydrogen-bond donors (Lipinski definition) is 1. The van der Waals surface area contributed by atoms with Crippen molar-refractivity contribution in [1.29, 1.82) is 0 Å². The van der Waals surface area contributed by atoms with E-state index in [0.717, 1.165) is 17.8 Å². The highest BCUT2D eigenvalue weighted by Gasteiger charge is 2.20. The fourth-order valence-electron chi connectivity index (χ4n) is 1.56. The molecular formula is C12H22N2OS. The molecule has 0 bridgehead atoms. The summed E-state index contributed by atoms with van der Waals surface area (Å²) >= 11 is 1.76. The van der Waals surface area contributed by atoms with E-state index in [1.54, 1.807) is 18.4 Å². The van der Waals surface area contributed by atoms with Crippen LogP contribution in [0.25, 0.3) is 0 Å². The van der Waals surface area contributed by atoms with Gasteiger partial charge in [-0.1, -0.05) is 0 Å². The minimum Gasteiger partial charge on any atom is -0.379 e. The van der Waals surface area contributed by atoms with Crippen molar-refractivity contribution in [3.8, 4) is 0 Å². The number of rotatable bonds is 6. The number of aromatic nitrogens is 1. The Morgan fingerprint density at radius 3 is 2.69 bits per heavy atom. The first-order valence-electron chi connectivity index (χ1n) is 5.63. The van der Waals surface area contributed by atoms with Gasteiger partial charge in [0.25, 0.3) is 0 Å². The fourth-order valence-corrected chi connectivity index (χ4v) is 2.49. The summed E-state index contributed by atoms with van der Waals surface area (Å²) in [4.78, 5) is 5.61. The van der Waals surface area contributed by atoms with Gasteiger partial charge >= 0.3 is 0 Å². The Morgan fingerprint density at radius 2 is 2.25 bits per heavy atom. The van der Waals surface area contributed by atoms with Crippen molar-refractivity contribution in [3.05, 3.63) is 16.1 Å². The Morgan fingerprint density at radius 1 is 1.56 bits per heavy atom. The van der Waals surface area contributed by atoms with Crippen molar-refractivity contribution >= 4 is 11.3 Å². The second-order valence-electron chi connectivity index (χ2n) is 4.63. The van der Waals surface area contributed by atoms with Crippen LogP contribution in [0.5, 0.6) is 0 Å². The molecule has 0 spiro atoms. The molecule has 16 heavy (non-hydrogen) atoms. The Labute approximate surface area is 102 Å². The topological polar surface area (TPSA) is 34.1 Å². The molecule has 3 nitrogen and oxygen atoms in total. The molecule has 1 aromatic heterocycles. The molecule has 0 aliphatic carbocycles. The Balaban J connectivity index is 2.56. The summed E-state index contributed by atoms with van der Waals surface area (Å²) in [5.41, 5.74) is -0.0468. The van der Waals surface area contributed by atoms with Crippen molar-refractivity contribution < 1.29 is 4.74 Å². The number of hydrogen-bond acceptors (Lipinski definition) is 4. The van der Waals surface area contributed by atoms with Crippen molar-refractivity contribution in [3.63, 3.8) is 0 Å². The highest BCUT2D eigenvalue weighted by atomic mass is 32.1. The van der Waals surface area contributed by atoms with Gasteiger partial charge in [-0.15, -0.1) is 11.3 Å². The maximum atomic E-state index is 5.43. The normalized spacial score (nSPS) is 14.1. The molecule has 0 aliphatic rings. The maximum Gasteiger partial charge on any atom is 0.0897 e. The van der Waals surface area contributed by atoms with E-state index >= 15 is 0 Å². The Bertz CT molecular complexity index is 323. The molecule has 1 unspecified atom stereocenters. The lowest BCUT2D eigenvalue weighted by atomic mass is 9.98. The summed E-state index contributed by atoms with van der Waals surface area (Å²) in [5, 5.41) is 4.47. The first-order chi connectivity index (χ1) is 7.48. The van der Waals surface area contributed by atoms with Crippen LogP contribution >= 0.6 is 11.3 Å². The van der Waals surface area contributed by atoms with Crippen molar-refractivity contribution in [2.75, 3.05) is 14.2 Å². The maximum absolute atomic E-state index is 5.43. The molecule has 1 atom stereocenters. The van der Waals surface area contributed by atoms with E-state index in [1.807, 2.05) is 20.2 Å². The summed E-state index contributed by atoms with van der Waals surface area (Å²) in [5.74, 6) is 0. The number of thiazole rings is 1. The van der Waals surface area contributed by atoms with E-state index in [4.69, 9.17) is 4.74 Å². The van der Waals surface area contributed by atoms with Crippen LogP contribution in [0.2, 0.25) is 0 Å². The lowest BCUT2D eigenvalue weighted by Gasteiger charge is -2.25. The summed E-state index contributed by atoms with van der Waals surface area (Å²) in [6.07, 6.45) is 4.08. The molecule has 0 aromatic carbocycles.